The van der Waals surface area contributed by atoms with E-state index in [9.17, 15) is 4.57 Å². The first-order valence-corrected chi connectivity index (χ1v) is 5.19. The van der Waals surface area contributed by atoms with E-state index < -0.39 is 7.82 Å². The highest BCUT2D eigenvalue weighted by Crippen LogP contribution is 2.42. The highest BCUT2D eigenvalue weighted by molar-refractivity contribution is 7.47. The van der Waals surface area contributed by atoms with E-state index in [0.717, 1.165) is 0 Å². The predicted molar refractivity (Wildman–Crippen MR) is 48.4 cm³/mol. The van der Waals surface area contributed by atoms with E-state index in [1.54, 1.807) is 6.92 Å². The Bertz CT molecular complexity index is 281. The fourth-order valence-corrected chi connectivity index (χ4v) is 1.02. The summed E-state index contributed by atoms with van der Waals surface area (Å²) in [4.78, 5) is 8.84. The van der Waals surface area contributed by atoms with Crippen LogP contribution in [0.5, 0.6) is 0 Å². The van der Waals surface area contributed by atoms with Gasteiger partial charge in [-0.1, -0.05) is 5.92 Å². The lowest BCUT2D eigenvalue weighted by atomic mass is 10.3. The van der Waals surface area contributed by atoms with Crippen LogP contribution in [0.15, 0.2) is 0 Å². The SMILES string of the molecule is C#CCCC#COP(=O)(O)OCC. The average molecular weight is 202 g/mol. The predicted octanol–water partition coefficient (Wildman–Crippen LogP) is 1.51. The van der Waals surface area contributed by atoms with Crippen LogP contribution < -0.4 is 0 Å². The van der Waals surface area contributed by atoms with Gasteiger partial charge in [-0.05, 0) is 6.92 Å². The summed E-state index contributed by atoms with van der Waals surface area (Å²) in [5, 5.41) is 0. The van der Waals surface area contributed by atoms with E-state index in [-0.39, 0.29) is 6.61 Å². The minimum Gasteiger partial charge on any atom is -0.350 e. The van der Waals surface area contributed by atoms with E-state index in [1.807, 2.05) is 0 Å². The minimum absolute atomic E-state index is 0.0970. The Morgan fingerprint density at radius 1 is 1.54 bits per heavy atom. The Kier molecular flexibility index (Phi) is 6.10. The van der Waals surface area contributed by atoms with Gasteiger partial charge in [-0.2, -0.15) is 0 Å². The van der Waals surface area contributed by atoms with Crippen molar-refractivity contribution in [1.82, 2.24) is 0 Å². The lowest BCUT2D eigenvalue weighted by molar-refractivity contribution is 0.203. The van der Waals surface area contributed by atoms with Gasteiger partial charge in [0, 0.05) is 12.8 Å². The normalized spacial score (nSPS) is 13.3. The summed E-state index contributed by atoms with van der Waals surface area (Å²) in [6.45, 7) is 1.68. The minimum atomic E-state index is -3.97. The van der Waals surface area contributed by atoms with E-state index in [0.29, 0.717) is 12.8 Å². The quantitative estimate of drug-likeness (QED) is 0.426. The van der Waals surface area contributed by atoms with Crippen LogP contribution >= 0.6 is 7.82 Å². The number of hydrogen-bond donors (Lipinski definition) is 1. The van der Waals surface area contributed by atoms with Gasteiger partial charge in [-0.3, -0.25) is 9.42 Å². The molecule has 1 atom stereocenters. The van der Waals surface area contributed by atoms with Gasteiger partial charge in [0.05, 0.1) is 6.61 Å². The molecule has 13 heavy (non-hydrogen) atoms. The van der Waals surface area contributed by atoms with E-state index in [4.69, 9.17) is 11.3 Å². The third kappa shape index (κ3) is 7.43. The molecule has 0 radical (unpaired) electrons. The van der Waals surface area contributed by atoms with Crippen LogP contribution in [0.1, 0.15) is 19.8 Å². The van der Waals surface area contributed by atoms with Crippen molar-refractivity contribution >= 4 is 7.82 Å². The Balaban J connectivity index is 3.78. The molecule has 0 aromatic carbocycles. The molecule has 0 aliphatic rings. The number of rotatable bonds is 4. The molecule has 0 heterocycles. The molecule has 4 nitrogen and oxygen atoms in total. The zero-order valence-electron chi connectivity index (χ0n) is 7.32. The van der Waals surface area contributed by atoms with Gasteiger partial charge in [0.25, 0.3) is 0 Å². The molecule has 0 aliphatic heterocycles. The molecule has 0 rings (SSSR count). The monoisotopic (exact) mass is 202 g/mol. The van der Waals surface area contributed by atoms with E-state index >= 15 is 0 Å². The summed E-state index contributed by atoms with van der Waals surface area (Å²) in [6.07, 6.45) is 7.94. The third-order valence-corrected chi connectivity index (χ3v) is 1.83. The van der Waals surface area contributed by atoms with Crippen molar-refractivity contribution in [3.63, 3.8) is 0 Å². The second-order valence-electron chi connectivity index (χ2n) is 1.96. The first-order chi connectivity index (χ1) is 6.12. The Labute approximate surface area is 77.9 Å². The molecule has 0 fully saturated rings. The van der Waals surface area contributed by atoms with Crippen LogP contribution in [-0.2, 0) is 13.6 Å². The fourth-order valence-electron chi connectivity index (χ4n) is 0.465. The van der Waals surface area contributed by atoms with Crippen LogP contribution in [0.3, 0.4) is 0 Å². The van der Waals surface area contributed by atoms with Gasteiger partial charge in [-0.25, -0.2) is 4.57 Å². The molecular formula is C8H11O4P. The van der Waals surface area contributed by atoms with Crippen molar-refractivity contribution in [2.24, 2.45) is 0 Å². The highest BCUT2D eigenvalue weighted by atomic mass is 31.2. The average Bonchev–Trinajstić information content (AvgIpc) is 2.04. The lowest BCUT2D eigenvalue weighted by Crippen LogP contribution is -1.89. The third-order valence-electron chi connectivity index (χ3n) is 0.920. The number of hydrogen-bond acceptors (Lipinski definition) is 3. The highest BCUT2D eigenvalue weighted by Gasteiger charge is 2.19. The van der Waals surface area contributed by atoms with Gasteiger partial charge in [0.1, 0.15) is 6.11 Å². The molecule has 0 aromatic heterocycles. The van der Waals surface area contributed by atoms with Crippen molar-refractivity contribution < 1.29 is 18.5 Å². The maximum atomic E-state index is 10.8. The van der Waals surface area contributed by atoms with Gasteiger partial charge in [0.2, 0.25) is 0 Å². The van der Waals surface area contributed by atoms with Crippen LogP contribution in [0.25, 0.3) is 0 Å². The lowest BCUT2D eigenvalue weighted by Gasteiger charge is -2.04. The van der Waals surface area contributed by atoms with Crippen molar-refractivity contribution in [3.8, 4) is 24.4 Å². The Morgan fingerprint density at radius 3 is 2.77 bits per heavy atom. The maximum absolute atomic E-state index is 10.8. The molecule has 0 saturated carbocycles. The topological polar surface area (TPSA) is 55.8 Å². The first kappa shape index (κ1) is 12.1. The van der Waals surface area contributed by atoms with Gasteiger partial charge in [-0.15, -0.1) is 12.3 Å². The first-order valence-electron chi connectivity index (χ1n) is 3.69. The molecule has 5 heteroatoms. The molecule has 72 valence electrons. The number of phosphoric acid groups is 1. The van der Waals surface area contributed by atoms with Crippen molar-refractivity contribution in [2.75, 3.05) is 6.61 Å². The molecule has 0 saturated heterocycles. The second kappa shape index (κ2) is 6.57. The van der Waals surface area contributed by atoms with Crippen molar-refractivity contribution in [3.05, 3.63) is 0 Å². The van der Waals surface area contributed by atoms with E-state index in [1.165, 1.54) is 0 Å². The summed E-state index contributed by atoms with van der Waals surface area (Å²) >= 11 is 0. The largest absolute Gasteiger partial charge is 0.535 e. The molecule has 0 aromatic rings. The van der Waals surface area contributed by atoms with Crippen LogP contribution in [0.4, 0.5) is 0 Å². The maximum Gasteiger partial charge on any atom is 0.535 e. The summed E-state index contributed by atoms with van der Waals surface area (Å²) in [5.41, 5.74) is 0. The standard InChI is InChI=1S/C8H11O4P/c1-3-5-6-7-8-12-13(9,10)11-4-2/h1H,4-6H2,2H3,(H,9,10). The Hall–Kier alpha value is -0.930. The van der Waals surface area contributed by atoms with Crippen molar-refractivity contribution in [2.45, 2.75) is 19.8 Å². The molecule has 0 bridgehead atoms. The zero-order chi connectivity index (χ0) is 10.2. The summed E-state index contributed by atoms with van der Waals surface area (Å²) in [6, 6.07) is 0. The smallest absolute Gasteiger partial charge is 0.350 e. The number of unbranched alkanes of at least 4 members (excludes halogenated alkanes) is 1. The zero-order valence-corrected chi connectivity index (χ0v) is 8.21. The number of terminal acetylenes is 1. The second-order valence-corrected chi connectivity index (χ2v) is 3.34. The van der Waals surface area contributed by atoms with Crippen LogP contribution in [-0.4, -0.2) is 11.5 Å². The van der Waals surface area contributed by atoms with E-state index in [2.05, 4.69) is 27.0 Å². The molecule has 0 amide bonds. The van der Waals surface area contributed by atoms with Crippen LogP contribution in [0, 0.1) is 24.4 Å². The number of phosphoric ester groups is 1. The molecular weight excluding hydrogens is 191 g/mol. The molecule has 1 N–H and O–H groups in total. The van der Waals surface area contributed by atoms with Gasteiger partial charge < -0.3 is 4.52 Å². The van der Waals surface area contributed by atoms with Crippen molar-refractivity contribution in [1.29, 1.82) is 0 Å². The molecule has 0 spiro atoms. The Morgan fingerprint density at radius 2 is 2.23 bits per heavy atom. The molecule has 0 aliphatic carbocycles. The summed E-state index contributed by atoms with van der Waals surface area (Å²) in [5.74, 6) is 4.84. The van der Waals surface area contributed by atoms with Gasteiger partial charge in [0.15, 0.2) is 0 Å². The summed E-state index contributed by atoms with van der Waals surface area (Å²) < 4.78 is 19.5. The molecule has 1 unspecified atom stereocenters. The van der Waals surface area contributed by atoms with Gasteiger partial charge >= 0.3 is 7.82 Å². The fraction of sp³-hybridized carbons (Fsp3) is 0.500. The van der Waals surface area contributed by atoms with Crippen LogP contribution in [0.2, 0.25) is 0 Å². The summed E-state index contributed by atoms with van der Waals surface area (Å²) in [7, 11) is -3.97.